The minimum atomic E-state index is -4.94. The van der Waals surface area contributed by atoms with Crippen molar-refractivity contribution in [3.05, 3.63) is 11.8 Å². The normalized spacial score (nSPS) is 26.9. The summed E-state index contributed by atoms with van der Waals surface area (Å²) in [7, 11) is -0.566. The second-order valence-corrected chi connectivity index (χ2v) is 4.98. The lowest BCUT2D eigenvalue weighted by Gasteiger charge is -2.25. The van der Waals surface area contributed by atoms with Crippen LogP contribution in [0.15, 0.2) is 11.8 Å². The lowest BCUT2D eigenvalue weighted by Crippen LogP contribution is -3.09. The molecule has 0 aromatic rings. The van der Waals surface area contributed by atoms with E-state index in [1.807, 2.05) is 0 Å². The third kappa shape index (κ3) is 4.75. The standard InChI is InChI=1S/C9H16N2.ClHO4/c1-10-6-9(7-11(10)2)8-4-3-5-8;2-1(3,4)5/h6,8H,3-5,7H2,1-2H3;(H,2,3,4,5). The summed E-state index contributed by atoms with van der Waals surface area (Å²) in [4.78, 5) is 0. The Labute approximate surface area is 97.1 Å². The van der Waals surface area contributed by atoms with Gasteiger partial charge >= 0.3 is 0 Å². The Kier molecular flexibility index (Phi) is 4.69. The summed E-state index contributed by atoms with van der Waals surface area (Å²) in [6, 6.07) is 0. The Morgan fingerprint density at radius 3 is 2.06 bits per heavy atom. The summed E-state index contributed by atoms with van der Waals surface area (Å²) in [6.07, 6.45) is 6.70. The molecule has 2 aliphatic rings. The molecule has 1 saturated carbocycles. The van der Waals surface area contributed by atoms with E-state index in [0.717, 1.165) is 5.92 Å². The molecule has 0 saturated heterocycles. The van der Waals surface area contributed by atoms with Gasteiger partial charge in [-0.3, -0.25) is 0 Å². The average molecular weight is 253 g/mol. The number of quaternary nitrogens is 1. The highest BCUT2D eigenvalue weighted by molar-refractivity contribution is 5.09. The molecule has 0 radical (unpaired) electrons. The molecule has 7 heteroatoms. The van der Waals surface area contributed by atoms with Gasteiger partial charge in [-0.1, -0.05) is 6.42 Å². The van der Waals surface area contributed by atoms with Crippen molar-refractivity contribution in [2.75, 3.05) is 20.6 Å². The van der Waals surface area contributed by atoms with Crippen LogP contribution in [0.4, 0.5) is 0 Å². The smallest absolute Gasteiger partial charge is 0.114 e. The molecule has 2 rings (SSSR count). The maximum absolute atomic E-state index is 8.49. The topological polar surface area (TPSA) is 99.9 Å². The van der Waals surface area contributed by atoms with E-state index in [2.05, 4.69) is 25.3 Å². The largest absolute Gasteiger partial charge is 0.231 e. The quantitative estimate of drug-likeness (QED) is 0.505. The molecule has 1 unspecified atom stereocenters. The van der Waals surface area contributed by atoms with Gasteiger partial charge in [0.05, 0.1) is 13.6 Å². The molecular formula is C9H17ClN2O4. The third-order valence-electron chi connectivity index (χ3n) is 3.05. The summed E-state index contributed by atoms with van der Waals surface area (Å²) in [5, 5.41) is 3.78. The van der Waals surface area contributed by atoms with Gasteiger partial charge in [0.1, 0.15) is 6.20 Å². The number of likely N-dealkylation sites (N-methyl/N-ethyl adjacent to an activating group) is 1. The number of hydrogen-bond donors (Lipinski definition) is 1. The predicted molar refractivity (Wildman–Crippen MR) is 44.9 cm³/mol. The Balaban J connectivity index is 0.000000221. The van der Waals surface area contributed by atoms with Crippen molar-refractivity contribution >= 4 is 0 Å². The van der Waals surface area contributed by atoms with E-state index in [1.165, 1.54) is 30.8 Å². The van der Waals surface area contributed by atoms with Crippen LogP contribution in [0.3, 0.4) is 0 Å². The van der Waals surface area contributed by atoms with Crippen LogP contribution in [0.2, 0.25) is 0 Å². The van der Waals surface area contributed by atoms with Gasteiger partial charge < -0.3 is 0 Å². The number of nitrogens with zero attached hydrogens (tertiary/aromatic N) is 1. The van der Waals surface area contributed by atoms with Crippen LogP contribution < -0.4 is 23.6 Å². The highest BCUT2D eigenvalue weighted by Gasteiger charge is 2.29. The monoisotopic (exact) mass is 252 g/mol. The highest BCUT2D eigenvalue weighted by Crippen LogP contribution is 2.33. The molecule has 0 aromatic heterocycles. The van der Waals surface area contributed by atoms with Crippen molar-refractivity contribution in [1.82, 2.24) is 5.01 Å². The predicted octanol–water partition coefficient (Wildman–Crippen LogP) is -4.71. The van der Waals surface area contributed by atoms with Crippen molar-refractivity contribution in [3.8, 4) is 0 Å². The Morgan fingerprint density at radius 2 is 1.81 bits per heavy atom. The van der Waals surface area contributed by atoms with E-state index in [4.69, 9.17) is 18.6 Å². The fourth-order valence-corrected chi connectivity index (χ4v) is 1.85. The zero-order chi connectivity index (χ0) is 12.3. The molecule has 1 aliphatic heterocycles. The second-order valence-electron chi connectivity index (χ2n) is 4.22. The molecule has 0 amide bonds. The van der Waals surface area contributed by atoms with Crippen molar-refractivity contribution in [1.29, 1.82) is 0 Å². The lowest BCUT2D eigenvalue weighted by molar-refractivity contribution is -2.00. The molecule has 0 bridgehead atoms. The molecule has 1 atom stereocenters. The van der Waals surface area contributed by atoms with Crippen LogP contribution in [0, 0.1) is 16.2 Å². The Morgan fingerprint density at radius 1 is 1.31 bits per heavy atom. The van der Waals surface area contributed by atoms with Crippen molar-refractivity contribution in [3.63, 3.8) is 0 Å². The van der Waals surface area contributed by atoms with Gasteiger partial charge in [-0.25, -0.2) is 23.6 Å². The van der Waals surface area contributed by atoms with Crippen molar-refractivity contribution in [2.45, 2.75) is 19.3 Å². The van der Waals surface area contributed by atoms with Crippen LogP contribution in [0.1, 0.15) is 19.3 Å². The fraction of sp³-hybridized carbons (Fsp3) is 0.778. The van der Waals surface area contributed by atoms with Crippen LogP contribution in [-0.2, 0) is 0 Å². The summed E-state index contributed by atoms with van der Waals surface area (Å²) >= 11 is 0. The average Bonchev–Trinajstić information content (AvgIpc) is 2.23. The van der Waals surface area contributed by atoms with Crippen molar-refractivity contribution < 1.29 is 33.9 Å². The van der Waals surface area contributed by atoms with E-state index < -0.39 is 10.2 Å². The minimum Gasteiger partial charge on any atom is -0.231 e. The summed E-state index contributed by atoms with van der Waals surface area (Å²) in [5.41, 5.74) is 1.68. The van der Waals surface area contributed by atoms with Crippen LogP contribution >= 0.6 is 0 Å². The molecule has 1 fully saturated rings. The van der Waals surface area contributed by atoms with Gasteiger partial charge in [-0.2, -0.15) is 5.01 Å². The van der Waals surface area contributed by atoms with E-state index in [-0.39, 0.29) is 0 Å². The molecule has 1 N–H and O–H groups in total. The van der Waals surface area contributed by atoms with E-state index in [0.29, 0.717) is 0 Å². The summed E-state index contributed by atoms with van der Waals surface area (Å²) < 4.78 is 34.0. The zero-order valence-electron chi connectivity index (χ0n) is 9.44. The molecule has 0 spiro atoms. The minimum absolute atomic E-state index is 0.940. The van der Waals surface area contributed by atoms with E-state index >= 15 is 0 Å². The fourth-order valence-electron chi connectivity index (χ4n) is 1.85. The number of halogens is 1. The maximum atomic E-state index is 8.49. The second kappa shape index (κ2) is 5.42. The first-order valence-corrected chi connectivity index (χ1v) is 6.37. The Bertz CT molecular complexity index is 257. The van der Waals surface area contributed by atoms with Gasteiger partial charge in [0.25, 0.3) is 0 Å². The van der Waals surface area contributed by atoms with Crippen LogP contribution in [0.25, 0.3) is 0 Å². The number of nitrogens with one attached hydrogen (secondary N) is 1. The number of hydrogen-bond acceptors (Lipinski definition) is 5. The van der Waals surface area contributed by atoms with E-state index in [9.17, 15) is 0 Å². The van der Waals surface area contributed by atoms with Crippen LogP contribution in [0.5, 0.6) is 0 Å². The first kappa shape index (κ1) is 13.9. The zero-order valence-corrected chi connectivity index (χ0v) is 10.2. The third-order valence-corrected chi connectivity index (χ3v) is 3.05. The van der Waals surface area contributed by atoms with Gasteiger partial charge in [-0.05, 0) is 18.8 Å². The van der Waals surface area contributed by atoms with Gasteiger partial charge in [0, 0.05) is 12.6 Å². The van der Waals surface area contributed by atoms with E-state index in [1.54, 1.807) is 5.57 Å². The molecule has 1 aliphatic carbocycles. The van der Waals surface area contributed by atoms with Gasteiger partial charge in [-0.15, -0.1) is 10.2 Å². The molecule has 0 aromatic carbocycles. The maximum Gasteiger partial charge on any atom is 0.114 e. The Hall–Kier alpha value is -0.210. The first-order valence-electron chi connectivity index (χ1n) is 5.14. The first-order chi connectivity index (χ1) is 7.27. The molecule has 6 nitrogen and oxygen atoms in total. The highest BCUT2D eigenvalue weighted by atomic mass is 35.7. The SMILES string of the molecule is CN1CC(C2CCC2)=C[NH+]1C.[O-][Cl+3]([O-])([O-])[O-]. The van der Waals surface area contributed by atoms with Crippen molar-refractivity contribution in [2.24, 2.45) is 5.92 Å². The molecular weight excluding hydrogens is 236 g/mol. The van der Waals surface area contributed by atoms with Gasteiger partial charge in [0.2, 0.25) is 0 Å². The van der Waals surface area contributed by atoms with Crippen LogP contribution in [-0.4, -0.2) is 25.6 Å². The molecule has 1 heterocycles. The molecule has 94 valence electrons. The molecule has 16 heavy (non-hydrogen) atoms. The van der Waals surface area contributed by atoms with Gasteiger partial charge in [0.15, 0.2) is 0 Å². The lowest BCUT2D eigenvalue weighted by atomic mass is 9.80. The number of rotatable bonds is 1. The summed E-state index contributed by atoms with van der Waals surface area (Å²) in [5.74, 6) is 0.940. The summed E-state index contributed by atoms with van der Waals surface area (Å²) in [6.45, 7) is 1.19.